The number of nitrogens with zero attached hydrogens (tertiary/aromatic N) is 2. The lowest BCUT2D eigenvalue weighted by atomic mass is 10.1. The SMILES string of the molecule is CCC(C)CN(C)c1nc(CCNC2CC2)cs1. The van der Waals surface area contributed by atoms with Crippen molar-refractivity contribution >= 4 is 16.5 Å². The van der Waals surface area contributed by atoms with E-state index in [1.165, 1.54) is 25.0 Å². The third-order valence-electron chi connectivity index (χ3n) is 3.54. The zero-order chi connectivity index (χ0) is 13.0. The van der Waals surface area contributed by atoms with E-state index in [1.54, 1.807) is 11.3 Å². The highest BCUT2D eigenvalue weighted by Gasteiger charge is 2.19. The van der Waals surface area contributed by atoms with Gasteiger partial charge in [0.1, 0.15) is 0 Å². The minimum Gasteiger partial charge on any atom is -0.351 e. The molecular weight excluding hydrogens is 242 g/mol. The minimum atomic E-state index is 0.735. The number of anilines is 1. The first-order valence-electron chi connectivity index (χ1n) is 7.08. The van der Waals surface area contributed by atoms with Crippen molar-refractivity contribution in [1.29, 1.82) is 0 Å². The molecule has 1 fully saturated rings. The van der Waals surface area contributed by atoms with Crippen LogP contribution in [-0.4, -0.2) is 31.2 Å². The van der Waals surface area contributed by atoms with Crippen LogP contribution in [0.25, 0.3) is 0 Å². The van der Waals surface area contributed by atoms with Crippen LogP contribution in [0.15, 0.2) is 5.38 Å². The van der Waals surface area contributed by atoms with Gasteiger partial charge in [-0.2, -0.15) is 0 Å². The first-order valence-corrected chi connectivity index (χ1v) is 7.96. The maximum absolute atomic E-state index is 4.72. The van der Waals surface area contributed by atoms with Gasteiger partial charge in [0.05, 0.1) is 5.69 Å². The Balaban J connectivity index is 1.76. The van der Waals surface area contributed by atoms with Crippen LogP contribution in [-0.2, 0) is 6.42 Å². The number of hydrogen-bond donors (Lipinski definition) is 1. The summed E-state index contributed by atoms with van der Waals surface area (Å²) in [5.74, 6) is 0.735. The molecule has 1 aliphatic carbocycles. The van der Waals surface area contributed by atoms with Crippen molar-refractivity contribution < 1.29 is 0 Å². The van der Waals surface area contributed by atoms with Crippen LogP contribution in [0, 0.1) is 5.92 Å². The van der Waals surface area contributed by atoms with E-state index in [0.717, 1.165) is 36.6 Å². The first kappa shape index (κ1) is 13.8. The average Bonchev–Trinajstić information content (AvgIpc) is 3.05. The fourth-order valence-electron chi connectivity index (χ4n) is 1.95. The van der Waals surface area contributed by atoms with Crippen LogP contribution < -0.4 is 10.2 Å². The standard InChI is InChI=1S/C14H25N3S/c1-4-11(2)9-17(3)14-16-13(10-18-14)7-8-15-12-5-6-12/h10-12,15H,4-9H2,1-3H3. The number of nitrogens with one attached hydrogen (secondary N) is 1. The molecule has 0 radical (unpaired) electrons. The molecule has 1 unspecified atom stereocenters. The van der Waals surface area contributed by atoms with Crippen LogP contribution in [0.4, 0.5) is 5.13 Å². The molecule has 4 heteroatoms. The van der Waals surface area contributed by atoms with Gasteiger partial charge in [-0.3, -0.25) is 0 Å². The van der Waals surface area contributed by atoms with E-state index in [2.05, 4.69) is 36.5 Å². The Hall–Kier alpha value is -0.610. The quantitative estimate of drug-likeness (QED) is 0.785. The molecule has 18 heavy (non-hydrogen) atoms. The summed E-state index contributed by atoms with van der Waals surface area (Å²) in [6, 6.07) is 0.802. The van der Waals surface area contributed by atoms with Crippen molar-refractivity contribution in [2.24, 2.45) is 5.92 Å². The molecule has 0 aliphatic heterocycles. The number of aromatic nitrogens is 1. The Bertz CT molecular complexity index is 360. The van der Waals surface area contributed by atoms with Crippen LogP contribution in [0.3, 0.4) is 0 Å². The molecule has 0 amide bonds. The molecule has 1 aromatic heterocycles. The molecule has 102 valence electrons. The van der Waals surface area contributed by atoms with Gasteiger partial charge in [-0.05, 0) is 18.8 Å². The maximum atomic E-state index is 4.72. The fraction of sp³-hybridized carbons (Fsp3) is 0.786. The van der Waals surface area contributed by atoms with Gasteiger partial charge in [0.15, 0.2) is 5.13 Å². The largest absolute Gasteiger partial charge is 0.351 e. The molecule has 1 aromatic rings. The van der Waals surface area contributed by atoms with Crippen LogP contribution in [0.1, 0.15) is 38.8 Å². The van der Waals surface area contributed by atoms with Crippen LogP contribution >= 0.6 is 11.3 Å². The molecule has 0 aromatic carbocycles. The molecule has 1 aliphatic rings. The van der Waals surface area contributed by atoms with Gasteiger partial charge in [0.2, 0.25) is 0 Å². The monoisotopic (exact) mass is 267 g/mol. The lowest BCUT2D eigenvalue weighted by molar-refractivity contribution is 0.559. The summed E-state index contributed by atoms with van der Waals surface area (Å²) in [6.07, 6.45) is 5.01. The molecule has 0 bridgehead atoms. The van der Waals surface area contributed by atoms with Crippen molar-refractivity contribution in [1.82, 2.24) is 10.3 Å². The van der Waals surface area contributed by atoms with Crippen molar-refractivity contribution in [3.63, 3.8) is 0 Å². The average molecular weight is 267 g/mol. The number of rotatable bonds is 8. The van der Waals surface area contributed by atoms with E-state index in [-0.39, 0.29) is 0 Å². The van der Waals surface area contributed by atoms with E-state index >= 15 is 0 Å². The number of hydrogen-bond acceptors (Lipinski definition) is 4. The summed E-state index contributed by atoms with van der Waals surface area (Å²) in [6.45, 7) is 6.71. The lowest BCUT2D eigenvalue weighted by Gasteiger charge is -2.19. The highest BCUT2D eigenvalue weighted by atomic mass is 32.1. The molecular formula is C14H25N3S. The zero-order valence-electron chi connectivity index (χ0n) is 11.8. The fourth-order valence-corrected chi connectivity index (χ4v) is 2.79. The molecule has 1 saturated carbocycles. The third-order valence-corrected chi connectivity index (χ3v) is 4.54. The topological polar surface area (TPSA) is 28.2 Å². The lowest BCUT2D eigenvalue weighted by Crippen LogP contribution is -2.23. The molecule has 3 nitrogen and oxygen atoms in total. The predicted molar refractivity (Wildman–Crippen MR) is 79.6 cm³/mol. The molecule has 1 N–H and O–H groups in total. The second-order valence-corrected chi connectivity index (χ2v) is 6.33. The van der Waals surface area contributed by atoms with E-state index in [4.69, 9.17) is 4.98 Å². The maximum Gasteiger partial charge on any atom is 0.185 e. The van der Waals surface area contributed by atoms with E-state index in [1.807, 2.05) is 0 Å². The summed E-state index contributed by atoms with van der Waals surface area (Å²) in [4.78, 5) is 7.01. The predicted octanol–water partition coefficient (Wildman–Crippen LogP) is 2.92. The molecule has 0 saturated heterocycles. The van der Waals surface area contributed by atoms with E-state index in [9.17, 15) is 0 Å². The summed E-state index contributed by atoms with van der Waals surface area (Å²) in [5, 5.41) is 6.90. The Kier molecular flexibility index (Phi) is 5.01. The van der Waals surface area contributed by atoms with Crippen LogP contribution in [0.5, 0.6) is 0 Å². The Labute approximate surface area is 115 Å². The molecule has 2 rings (SSSR count). The van der Waals surface area contributed by atoms with Gasteiger partial charge >= 0.3 is 0 Å². The van der Waals surface area contributed by atoms with E-state index in [0.29, 0.717) is 0 Å². The van der Waals surface area contributed by atoms with Crippen molar-refractivity contribution in [3.05, 3.63) is 11.1 Å². The van der Waals surface area contributed by atoms with Crippen molar-refractivity contribution in [2.45, 2.75) is 45.6 Å². The first-order chi connectivity index (χ1) is 8.69. The van der Waals surface area contributed by atoms with Gasteiger partial charge in [-0.15, -0.1) is 11.3 Å². The summed E-state index contributed by atoms with van der Waals surface area (Å²) in [5.41, 5.74) is 1.24. The van der Waals surface area contributed by atoms with Gasteiger partial charge in [-0.25, -0.2) is 4.98 Å². The summed E-state index contributed by atoms with van der Waals surface area (Å²) >= 11 is 1.77. The van der Waals surface area contributed by atoms with Gasteiger partial charge < -0.3 is 10.2 Å². The Morgan fingerprint density at radius 2 is 2.33 bits per heavy atom. The molecule has 1 heterocycles. The van der Waals surface area contributed by atoms with E-state index < -0.39 is 0 Å². The van der Waals surface area contributed by atoms with Gasteiger partial charge in [0, 0.05) is 38.0 Å². The zero-order valence-corrected chi connectivity index (χ0v) is 12.6. The number of thiazole rings is 1. The Morgan fingerprint density at radius 1 is 1.56 bits per heavy atom. The van der Waals surface area contributed by atoms with Crippen molar-refractivity contribution in [2.75, 3.05) is 25.0 Å². The minimum absolute atomic E-state index is 0.735. The van der Waals surface area contributed by atoms with Crippen molar-refractivity contribution in [3.8, 4) is 0 Å². The second kappa shape index (κ2) is 6.53. The molecule has 0 spiro atoms. The summed E-state index contributed by atoms with van der Waals surface area (Å²) in [7, 11) is 2.15. The summed E-state index contributed by atoms with van der Waals surface area (Å²) < 4.78 is 0. The molecule has 1 atom stereocenters. The van der Waals surface area contributed by atoms with Gasteiger partial charge in [0.25, 0.3) is 0 Å². The highest BCUT2D eigenvalue weighted by molar-refractivity contribution is 7.13. The van der Waals surface area contributed by atoms with Gasteiger partial charge in [-0.1, -0.05) is 20.3 Å². The highest BCUT2D eigenvalue weighted by Crippen LogP contribution is 2.22. The third kappa shape index (κ3) is 4.25. The smallest absolute Gasteiger partial charge is 0.185 e. The Morgan fingerprint density at radius 3 is 3.00 bits per heavy atom. The normalized spacial score (nSPS) is 16.8. The van der Waals surface area contributed by atoms with Crippen LogP contribution in [0.2, 0.25) is 0 Å². The second-order valence-electron chi connectivity index (χ2n) is 5.49.